The van der Waals surface area contributed by atoms with Crippen molar-refractivity contribution in [1.29, 1.82) is 0 Å². The lowest BCUT2D eigenvalue weighted by Gasteiger charge is -2.35. The number of hydrogen-bond donors (Lipinski definition) is 3. The summed E-state index contributed by atoms with van der Waals surface area (Å²) in [6.45, 7) is 3.33. The number of nitrogens with zero attached hydrogens (tertiary/aromatic N) is 1. The number of oxime groups is 1. The summed E-state index contributed by atoms with van der Waals surface area (Å²) in [6.07, 6.45) is 2.90. The minimum atomic E-state index is -0.768. The molecule has 6 nitrogen and oxygen atoms in total. The van der Waals surface area contributed by atoms with Crippen molar-refractivity contribution in [2.45, 2.75) is 38.1 Å². The van der Waals surface area contributed by atoms with E-state index in [9.17, 15) is 4.79 Å². The highest BCUT2D eigenvalue weighted by Gasteiger charge is 2.55. The number of rotatable bonds is 3. The molecule has 96 valence electrons. The molecule has 6 heteroatoms. The van der Waals surface area contributed by atoms with Crippen molar-refractivity contribution >= 4 is 11.7 Å². The summed E-state index contributed by atoms with van der Waals surface area (Å²) in [5.74, 6) is -0.108. The van der Waals surface area contributed by atoms with Gasteiger partial charge in [-0.1, -0.05) is 5.16 Å². The highest BCUT2D eigenvalue weighted by Crippen LogP contribution is 2.46. The number of ether oxygens (including phenoxy) is 1. The summed E-state index contributed by atoms with van der Waals surface area (Å²) in [7, 11) is 0. The third kappa shape index (κ3) is 2.22. The van der Waals surface area contributed by atoms with E-state index in [1.165, 1.54) is 0 Å². The van der Waals surface area contributed by atoms with Crippen LogP contribution in [-0.4, -0.2) is 35.7 Å². The summed E-state index contributed by atoms with van der Waals surface area (Å²) >= 11 is 0. The average molecular weight is 241 g/mol. The molecule has 4 N–H and O–H groups in total. The van der Waals surface area contributed by atoms with Crippen LogP contribution < -0.4 is 11.1 Å². The van der Waals surface area contributed by atoms with E-state index in [4.69, 9.17) is 15.7 Å². The largest absolute Gasteiger partial charge is 0.409 e. The number of nitrogens with one attached hydrogen (secondary N) is 1. The van der Waals surface area contributed by atoms with E-state index in [1.807, 2.05) is 6.92 Å². The maximum atomic E-state index is 12.2. The molecule has 17 heavy (non-hydrogen) atoms. The van der Waals surface area contributed by atoms with Gasteiger partial charge in [0.25, 0.3) is 0 Å². The van der Waals surface area contributed by atoms with Gasteiger partial charge < -0.3 is 21.0 Å². The van der Waals surface area contributed by atoms with Gasteiger partial charge in [-0.25, -0.2) is 0 Å². The Labute approximate surface area is 100 Å². The zero-order valence-corrected chi connectivity index (χ0v) is 10.0. The van der Waals surface area contributed by atoms with E-state index in [0.29, 0.717) is 26.1 Å². The molecule has 1 aliphatic heterocycles. The molecule has 0 aromatic rings. The van der Waals surface area contributed by atoms with E-state index in [0.717, 1.165) is 12.8 Å². The van der Waals surface area contributed by atoms with Crippen LogP contribution in [0.5, 0.6) is 0 Å². The second-order valence-corrected chi connectivity index (χ2v) is 5.19. The average Bonchev–Trinajstić information content (AvgIpc) is 3.09. The molecule has 1 saturated heterocycles. The van der Waals surface area contributed by atoms with Gasteiger partial charge in [-0.3, -0.25) is 4.79 Å². The monoisotopic (exact) mass is 241 g/mol. The Bertz CT molecular complexity index is 344. The van der Waals surface area contributed by atoms with Crippen LogP contribution in [0.2, 0.25) is 0 Å². The van der Waals surface area contributed by atoms with Crippen LogP contribution in [0.1, 0.15) is 32.6 Å². The van der Waals surface area contributed by atoms with Crippen molar-refractivity contribution < 1.29 is 14.7 Å². The summed E-state index contributed by atoms with van der Waals surface area (Å²) in [5.41, 5.74) is 4.57. The SMILES string of the molecule is CC1(NC(=O)C2(C(N)=NO)CC2)CCOCC1. The van der Waals surface area contributed by atoms with Crippen molar-refractivity contribution in [2.24, 2.45) is 16.3 Å². The van der Waals surface area contributed by atoms with E-state index in [2.05, 4.69) is 10.5 Å². The second-order valence-electron chi connectivity index (χ2n) is 5.19. The summed E-state index contributed by atoms with van der Waals surface area (Å²) < 4.78 is 5.28. The standard InChI is InChI=1S/C11H19N3O3/c1-10(4-6-17-7-5-10)13-9(15)11(2-3-11)8(12)14-16/h16H,2-7H2,1H3,(H2,12,14)(H,13,15). The second kappa shape index (κ2) is 4.18. The van der Waals surface area contributed by atoms with Gasteiger partial charge in [0, 0.05) is 18.8 Å². The fourth-order valence-corrected chi connectivity index (χ4v) is 2.16. The Morgan fingerprint density at radius 1 is 1.35 bits per heavy atom. The van der Waals surface area contributed by atoms with Gasteiger partial charge in [-0.2, -0.15) is 0 Å². The smallest absolute Gasteiger partial charge is 0.234 e. The van der Waals surface area contributed by atoms with E-state index in [1.54, 1.807) is 0 Å². The molecule has 1 aliphatic carbocycles. The van der Waals surface area contributed by atoms with Crippen LogP contribution in [-0.2, 0) is 9.53 Å². The maximum Gasteiger partial charge on any atom is 0.234 e. The highest BCUT2D eigenvalue weighted by atomic mass is 16.5. The molecular formula is C11H19N3O3. The first kappa shape index (κ1) is 12.2. The van der Waals surface area contributed by atoms with Crippen molar-refractivity contribution in [2.75, 3.05) is 13.2 Å². The van der Waals surface area contributed by atoms with Crippen LogP contribution >= 0.6 is 0 Å². The van der Waals surface area contributed by atoms with Crippen molar-refractivity contribution in [1.82, 2.24) is 5.32 Å². The van der Waals surface area contributed by atoms with Crippen molar-refractivity contribution in [3.8, 4) is 0 Å². The first-order chi connectivity index (χ1) is 8.02. The Hall–Kier alpha value is -1.30. The molecule has 0 unspecified atom stereocenters. The Morgan fingerprint density at radius 3 is 2.41 bits per heavy atom. The third-order valence-corrected chi connectivity index (χ3v) is 3.79. The zero-order chi connectivity index (χ0) is 12.5. The molecule has 0 atom stereocenters. The number of amidine groups is 1. The third-order valence-electron chi connectivity index (χ3n) is 3.79. The van der Waals surface area contributed by atoms with Crippen LogP contribution in [0, 0.1) is 5.41 Å². The number of carbonyl (C=O) groups excluding carboxylic acids is 1. The van der Waals surface area contributed by atoms with E-state index >= 15 is 0 Å². The first-order valence-corrected chi connectivity index (χ1v) is 5.91. The number of nitrogens with two attached hydrogens (primary N) is 1. The number of hydrogen-bond acceptors (Lipinski definition) is 4. The molecule has 2 aliphatic rings. The molecule has 1 heterocycles. The number of amides is 1. The molecular weight excluding hydrogens is 222 g/mol. The van der Waals surface area contributed by atoms with Gasteiger partial charge >= 0.3 is 0 Å². The van der Waals surface area contributed by atoms with Gasteiger partial charge in [-0.05, 0) is 32.6 Å². The number of carbonyl (C=O) groups is 1. The fraction of sp³-hybridized carbons (Fsp3) is 0.818. The summed E-state index contributed by atoms with van der Waals surface area (Å²) in [4.78, 5) is 12.2. The molecule has 2 rings (SSSR count). The molecule has 0 spiro atoms. The van der Waals surface area contributed by atoms with Crippen molar-refractivity contribution in [3.05, 3.63) is 0 Å². The van der Waals surface area contributed by atoms with Gasteiger partial charge in [0.15, 0.2) is 5.84 Å². The predicted molar refractivity (Wildman–Crippen MR) is 61.7 cm³/mol. The Kier molecular flexibility index (Phi) is 2.99. The lowest BCUT2D eigenvalue weighted by Crippen LogP contribution is -2.53. The molecule has 2 fully saturated rings. The predicted octanol–water partition coefficient (Wildman–Crippen LogP) is 0.198. The Balaban J connectivity index is 2.02. The van der Waals surface area contributed by atoms with E-state index in [-0.39, 0.29) is 17.3 Å². The van der Waals surface area contributed by atoms with Crippen LogP contribution in [0.25, 0.3) is 0 Å². The van der Waals surface area contributed by atoms with Crippen LogP contribution in [0.4, 0.5) is 0 Å². The quantitative estimate of drug-likeness (QED) is 0.284. The Morgan fingerprint density at radius 2 is 1.94 bits per heavy atom. The zero-order valence-electron chi connectivity index (χ0n) is 10.0. The molecule has 1 amide bonds. The summed E-state index contributed by atoms with van der Waals surface area (Å²) in [5, 5.41) is 14.7. The highest BCUT2D eigenvalue weighted by molar-refractivity contribution is 6.09. The first-order valence-electron chi connectivity index (χ1n) is 5.91. The van der Waals surface area contributed by atoms with E-state index < -0.39 is 5.41 Å². The summed E-state index contributed by atoms with van der Waals surface area (Å²) in [6, 6.07) is 0. The molecule has 0 radical (unpaired) electrons. The topological polar surface area (TPSA) is 96.9 Å². The van der Waals surface area contributed by atoms with Crippen LogP contribution in [0.3, 0.4) is 0 Å². The van der Waals surface area contributed by atoms with Gasteiger partial charge in [0.05, 0.1) is 0 Å². The minimum Gasteiger partial charge on any atom is -0.409 e. The maximum absolute atomic E-state index is 12.2. The van der Waals surface area contributed by atoms with Gasteiger partial charge in [0.1, 0.15) is 5.41 Å². The lowest BCUT2D eigenvalue weighted by atomic mass is 9.91. The molecule has 1 saturated carbocycles. The van der Waals surface area contributed by atoms with Gasteiger partial charge in [0.2, 0.25) is 5.91 Å². The lowest BCUT2D eigenvalue weighted by molar-refractivity contribution is -0.127. The fourth-order valence-electron chi connectivity index (χ4n) is 2.16. The molecule has 0 aromatic carbocycles. The van der Waals surface area contributed by atoms with Crippen molar-refractivity contribution in [3.63, 3.8) is 0 Å². The van der Waals surface area contributed by atoms with Crippen LogP contribution in [0.15, 0.2) is 5.16 Å². The molecule has 0 bridgehead atoms. The van der Waals surface area contributed by atoms with Gasteiger partial charge in [-0.15, -0.1) is 0 Å². The minimum absolute atomic E-state index is 0.0191. The normalized spacial score (nSPS) is 26.3. The molecule has 0 aromatic heterocycles.